The van der Waals surface area contributed by atoms with Gasteiger partial charge in [-0.3, -0.25) is 9.59 Å². The molecule has 2 amide bonds. The molecule has 2 heterocycles. The lowest BCUT2D eigenvalue weighted by Gasteiger charge is -2.05. The van der Waals surface area contributed by atoms with Crippen molar-refractivity contribution in [1.29, 1.82) is 0 Å². The van der Waals surface area contributed by atoms with Crippen molar-refractivity contribution in [1.82, 2.24) is 10.6 Å². The molecular weight excluding hydrogens is 352 g/mol. The fourth-order valence-corrected chi connectivity index (χ4v) is 4.14. The first-order valence-corrected chi connectivity index (χ1v) is 8.97. The normalized spacial score (nSPS) is 10.7. The van der Waals surface area contributed by atoms with E-state index in [1.54, 1.807) is 11.3 Å². The number of benzene rings is 1. The van der Waals surface area contributed by atoms with Gasteiger partial charge in [0.05, 0.1) is 18.1 Å². The largest absolute Gasteiger partial charge is 0.350 e. The monoisotopic (exact) mass is 364 g/mol. The molecule has 0 spiro atoms. The SMILES string of the molecule is O=C(CNC(=O)c1sc2ccccc2c1Cl)NCc1cccs1. The Labute approximate surface area is 146 Å². The molecule has 0 atom stereocenters. The zero-order chi connectivity index (χ0) is 16.2. The van der Waals surface area contributed by atoms with Gasteiger partial charge in [-0.2, -0.15) is 0 Å². The van der Waals surface area contributed by atoms with Gasteiger partial charge >= 0.3 is 0 Å². The number of carbonyl (C=O) groups excluding carboxylic acids is 2. The van der Waals surface area contributed by atoms with Gasteiger partial charge in [-0.15, -0.1) is 22.7 Å². The molecule has 0 fully saturated rings. The van der Waals surface area contributed by atoms with Crippen LogP contribution in [0.5, 0.6) is 0 Å². The zero-order valence-electron chi connectivity index (χ0n) is 12.0. The molecule has 0 aliphatic heterocycles. The van der Waals surface area contributed by atoms with Crippen LogP contribution in [0.3, 0.4) is 0 Å². The number of hydrogen-bond donors (Lipinski definition) is 2. The molecule has 4 nitrogen and oxygen atoms in total. The van der Waals surface area contributed by atoms with E-state index in [4.69, 9.17) is 11.6 Å². The average Bonchev–Trinajstić information content (AvgIpc) is 3.19. The fraction of sp³-hybridized carbons (Fsp3) is 0.125. The number of thiophene rings is 2. The molecular formula is C16H13ClN2O2S2. The summed E-state index contributed by atoms with van der Waals surface area (Å²) in [6, 6.07) is 11.4. The molecule has 0 radical (unpaired) electrons. The van der Waals surface area contributed by atoms with Crippen molar-refractivity contribution in [3.63, 3.8) is 0 Å². The van der Waals surface area contributed by atoms with Crippen molar-refractivity contribution >= 4 is 56.2 Å². The second kappa shape index (κ2) is 7.12. The molecule has 7 heteroatoms. The lowest BCUT2D eigenvalue weighted by Crippen LogP contribution is -2.36. The highest BCUT2D eigenvalue weighted by atomic mass is 35.5. The number of nitrogens with one attached hydrogen (secondary N) is 2. The summed E-state index contributed by atoms with van der Waals surface area (Å²) in [5, 5.41) is 8.61. The van der Waals surface area contributed by atoms with Gasteiger partial charge in [-0.1, -0.05) is 35.9 Å². The molecule has 0 saturated heterocycles. The van der Waals surface area contributed by atoms with Gasteiger partial charge in [0, 0.05) is 15.0 Å². The quantitative estimate of drug-likeness (QED) is 0.725. The van der Waals surface area contributed by atoms with Gasteiger partial charge in [0.25, 0.3) is 5.91 Å². The maximum atomic E-state index is 12.2. The summed E-state index contributed by atoms with van der Waals surface area (Å²) < 4.78 is 0.949. The molecule has 3 rings (SSSR count). The van der Waals surface area contributed by atoms with E-state index in [0.29, 0.717) is 16.4 Å². The lowest BCUT2D eigenvalue weighted by atomic mass is 10.2. The van der Waals surface area contributed by atoms with Crippen LogP contribution in [0, 0.1) is 0 Å². The average molecular weight is 365 g/mol. The van der Waals surface area contributed by atoms with Crippen molar-refractivity contribution in [2.75, 3.05) is 6.54 Å². The zero-order valence-corrected chi connectivity index (χ0v) is 14.4. The van der Waals surface area contributed by atoms with Crippen LogP contribution >= 0.6 is 34.3 Å². The minimum Gasteiger partial charge on any atom is -0.350 e. The fourth-order valence-electron chi connectivity index (χ4n) is 2.06. The molecule has 0 aliphatic rings. The van der Waals surface area contributed by atoms with Gasteiger partial charge < -0.3 is 10.6 Å². The topological polar surface area (TPSA) is 58.2 Å². The Morgan fingerprint density at radius 2 is 1.91 bits per heavy atom. The minimum absolute atomic E-state index is 0.0746. The highest BCUT2D eigenvalue weighted by Crippen LogP contribution is 2.34. The highest BCUT2D eigenvalue weighted by molar-refractivity contribution is 7.21. The molecule has 1 aromatic carbocycles. The Bertz CT molecular complexity index is 843. The van der Waals surface area contributed by atoms with E-state index in [9.17, 15) is 9.59 Å². The Hall–Kier alpha value is -1.89. The van der Waals surface area contributed by atoms with E-state index in [1.165, 1.54) is 11.3 Å². The number of hydrogen-bond acceptors (Lipinski definition) is 4. The van der Waals surface area contributed by atoms with Gasteiger partial charge in [0.15, 0.2) is 0 Å². The second-order valence-electron chi connectivity index (χ2n) is 4.78. The van der Waals surface area contributed by atoms with E-state index in [1.807, 2.05) is 41.8 Å². The number of carbonyl (C=O) groups is 2. The van der Waals surface area contributed by atoms with Crippen LogP contribution in [0.15, 0.2) is 41.8 Å². The second-order valence-corrected chi connectivity index (χ2v) is 7.24. The van der Waals surface area contributed by atoms with Crippen molar-refractivity contribution in [3.8, 4) is 0 Å². The van der Waals surface area contributed by atoms with Gasteiger partial charge in [-0.25, -0.2) is 0 Å². The summed E-state index contributed by atoms with van der Waals surface area (Å²) in [6.07, 6.45) is 0. The summed E-state index contributed by atoms with van der Waals surface area (Å²) in [6.45, 7) is 0.394. The third kappa shape index (κ3) is 3.72. The van der Waals surface area contributed by atoms with Crippen LogP contribution in [0.1, 0.15) is 14.5 Å². The van der Waals surface area contributed by atoms with Crippen LogP contribution in [0.2, 0.25) is 5.02 Å². The number of halogens is 1. The van der Waals surface area contributed by atoms with Crippen molar-refractivity contribution in [2.45, 2.75) is 6.54 Å². The maximum absolute atomic E-state index is 12.2. The van der Waals surface area contributed by atoms with E-state index >= 15 is 0 Å². The smallest absolute Gasteiger partial charge is 0.263 e. The molecule has 2 N–H and O–H groups in total. The predicted octanol–water partition coefficient (Wildman–Crippen LogP) is 3.66. The van der Waals surface area contributed by atoms with E-state index in [0.717, 1.165) is 15.0 Å². The maximum Gasteiger partial charge on any atom is 0.263 e. The minimum atomic E-state index is -0.331. The number of amides is 2. The number of fused-ring (bicyclic) bond motifs is 1. The van der Waals surface area contributed by atoms with Crippen LogP contribution in [-0.4, -0.2) is 18.4 Å². The summed E-state index contributed by atoms with van der Waals surface area (Å²) in [5.74, 6) is -0.563. The standard InChI is InChI=1S/C16H13ClN2O2S2/c17-14-11-5-1-2-6-12(11)23-15(14)16(21)19-9-13(20)18-8-10-4-3-7-22-10/h1-7H,8-9H2,(H,18,20)(H,19,21). The third-order valence-electron chi connectivity index (χ3n) is 3.19. The van der Waals surface area contributed by atoms with E-state index in [-0.39, 0.29) is 18.4 Å². The van der Waals surface area contributed by atoms with E-state index in [2.05, 4.69) is 10.6 Å². The van der Waals surface area contributed by atoms with Gasteiger partial charge in [0.2, 0.25) is 5.91 Å². The highest BCUT2D eigenvalue weighted by Gasteiger charge is 2.17. The third-order valence-corrected chi connectivity index (χ3v) is 5.74. The first-order chi connectivity index (χ1) is 11.1. The molecule has 23 heavy (non-hydrogen) atoms. The van der Waals surface area contributed by atoms with Crippen LogP contribution < -0.4 is 10.6 Å². The molecule has 3 aromatic rings. The summed E-state index contributed by atoms with van der Waals surface area (Å²) in [7, 11) is 0. The molecule has 118 valence electrons. The van der Waals surface area contributed by atoms with Crippen LogP contribution in [0.4, 0.5) is 0 Å². The van der Waals surface area contributed by atoms with Gasteiger partial charge in [-0.05, 0) is 17.5 Å². The molecule has 0 unspecified atom stereocenters. The van der Waals surface area contributed by atoms with Crippen LogP contribution in [0.25, 0.3) is 10.1 Å². The summed E-state index contributed by atoms with van der Waals surface area (Å²) in [4.78, 5) is 25.5. The van der Waals surface area contributed by atoms with Crippen molar-refractivity contribution in [3.05, 3.63) is 56.6 Å². The lowest BCUT2D eigenvalue weighted by molar-refractivity contribution is -0.120. The summed E-state index contributed by atoms with van der Waals surface area (Å²) >= 11 is 9.14. The molecule has 0 saturated carbocycles. The molecule has 2 aromatic heterocycles. The summed E-state index contributed by atoms with van der Waals surface area (Å²) in [5.41, 5.74) is 0. The Balaban J connectivity index is 1.58. The molecule has 0 bridgehead atoms. The van der Waals surface area contributed by atoms with Gasteiger partial charge in [0.1, 0.15) is 4.88 Å². The van der Waals surface area contributed by atoms with Crippen molar-refractivity contribution in [2.24, 2.45) is 0 Å². The number of rotatable bonds is 5. The Morgan fingerprint density at radius 3 is 2.65 bits per heavy atom. The predicted molar refractivity (Wildman–Crippen MR) is 95.3 cm³/mol. The first kappa shape index (κ1) is 16.0. The Kier molecular flexibility index (Phi) is 4.95. The molecule has 0 aliphatic carbocycles. The first-order valence-electron chi connectivity index (χ1n) is 6.89. The van der Waals surface area contributed by atoms with Crippen LogP contribution in [-0.2, 0) is 11.3 Å². The Morgan fingerprint density at radius 1 is 1.09 bits per heavy atom. The van der Waals surface area contributed by atoms with Crippen molar-refractivity contribution < 1.29 is 9.59 Å². The van der Waals surface area contributed by atoms with E-state index < -0.39 is 0 Å².